The average Bonchev–Trinajstić information content (AvgIpc) is 2.38. The standard InChI is InChI=1S/C14H22N2O2.ClH/c1-3-9-18-11-14(17)16-13-8-6-5-7-12(13)10-15-4-2;/h5-8,15H,3-4,9-11H2,1-2H3,(H,16,17);1H. The number of halogens is 1. The number of nitrogens with one attached hydrogen (secondary N) is 2. The number of benzene rings is 1. The van der Waals surface area contributed by atoms with Crippen molar-refractivity contribution in [3.8, 4) is 0 Å². The smallest absolute Gasteiger partial charge is 0.250 e. The third kappa shape index (κ3) is 7.15. The Hall–Kier alpha value is -1.10. The molecule has 2 N–H and O–H groups in total. The number of hydrogen-bond acceptors (Lipinski definition) is 3. The Kier molecular flexibility index (Phi) is 10.2. The number of para-hydroxylation sites is 1. The largest absolute Gasteiger partial charge is 0.372 e. The molecule has 108 valence electrons. The fraction of sp³-hybridized carbons (Fsp3) is 0.500. The summed E-state index contributed by atoms with van der Waals surface area (Å²) in [5.74, 6) is -0.104. The molecule has 0 aliphatic rings. The molecular weight excluding hydrogens is 264 g/mol. The summed E-state index contributed by atoms with van der Waals surface area (Å²) in [6, 6.07) is 7.80. The molecule has 4 nitrogen and oxygen atoms in total. The Morgan fingerprint density at radius 3 is 2.68 bits per heavy atom. The summed E-state index contributed by atoms with van der Waals surface area (Å²) in [4.78, 5) is 11.7. The van der Waals surface area contributed by atoms with Gasteiger partial charge < -0.3 is 15.4 Å². The first-order valence-electron chi connectivity index (χ1n) is 6.44. The number of carbonyl (C=O) groups is 1. The SMILES string of the molecule is CCCOCC(=O)Nc1ccccc1CNCC.Cl. The van der Waals surface area contributed by atoms with E-state index in [9.17, 15) is 4.79 Å². The van der Waals surface area contributed by atoms with Gasteiger partial charge in [0.05, 0.1) is 0 Å². The highest BCUT2D eigenvalue weighted by Crippen LogP contribution is 2.14. The molecule has 1 amide bonds. The van der Waals surface area contributed by atoms with Crippen molar-refractivity contribution in [2.75, 3.05) is 25.1 Å². The van der Waals surface area contributed by atoms with Crippen molar-refractivity contribution in [1.29, 1.82) is 0 Å². The lowest BCUT2D eigenvalue weighted by Crippen LogP contribution is -2.20. The molecule has 0 aliphatic heterocycles. The van der Waals surface area contributed by atoms with E-state index in [2.05, 4.69) is 17.6 Å². The maximum atomic E-state index is 11.7. The Bertz CT molecular complexity index is 372. The topological polar surface area (TPSA) is 50.4 Å². The Morgan fingerprint density at radius 1 is 1.26 bits per heavy atom. The second-order valence-electron chi connectivity index (χ2n) is 4.04. The fourth-order valence-corrected chi connectivity index (χ4v) is 1.55. The summed E-state index contributed by atoms with van der Waals surface area (Å²) in [7, 11) is 0. The summed E-state index contributed by atoms with van der Waals surface area (Å²) >= 11 is 0. The van der Waals surface area contributed by atoms with Gasteiger partial charge in [-0.15, -0.1) is 12.4 Å². The van der Waals surface area contributed by atoms with E-state index in [0.29, 0.717) is 6.61 Å². The molecule has 0 bridgehead atoms. The molecule has 0 atom stereocenters. The summed E-state index contributed by atoms with van der Waals surface area (Å²) in [5, 5.41) is 6.12. The van der Waals surface area contributed by atoms with Crippen LogP contribution >= 0.6 is 12.4 Å². The molecule has 1 rings (SSSR count). The van der Waals surface area contributed by atoms with E-state index in [-0.39, 0.29) is 24.9 Å². The highest BCUT2D eigenvalue weighted by atomic mass is 35.5. The lowest BCUT2D eigenvalue weighted by atomic mass is 10.1. The van der Waals surface area contributed by atoms with Gasteiger partial charge in [-0.3, -0.25) is 4.79 Å². The molecule has 0 unspecified atom stereocenters. The molecule has 0 spiro atoms. The number of hydrogen-bond donors (Lipinski definition) is 2. The Balaban J connectivity index is 0.00000324. The molecule has 0 saturated carbocycles. The van der Waals surface area contributed by atoms with Crippen molar-refractivity contribution >= 4 is 24.0 Å². The van der Waals surface area contributed by atoms with Crippen LogP contribution < -0.4 is 10.6 Å². The first kappa shape index (κ1) is 17.9. The zero-order valence-electron chi connectivity index (χ0n) is 11.6. The molecule has 0 aliphatic carbocycles. The third-order valence-electron chi connectivity index (χ3n) is 2.44. The van der Waals surface area contributed by atoms with Gasteiger partial charge in [-0.2, -0.15) is 0 Å². The number of rotatable bonds is 8. The summed E-state index contributed by atoms with van der Waals surface area (Å²) in [6.45, 7) is 6.46. The maximum Gasteiger partial charge on any atom is 0.250 e. The predicted octanol–water partition coefficient (Wildman–Crippen LogP) is 2.58. The minimum Gasteiger partial charge on any atom is -0.372 e. The van der Waals surface area contributed by atoms with Gasteiger partial charge in [-0.1, -0.05) is 32.0 Å². The molecule has 5 heteroatoms. The highest BCUT2D eigenvalue weighted by molar-refractivity contribution is 5.92. The van der Waals surface area contributed by atoms with Crippen molar-refractivity contribution in [2.45, 2.75) is 26.8 Å². The summed E-state index contributed by atoms with van der Waals surface area (Å²) in [6.07, 6.45) is 0.921. The van der Waals surface area contributed by atoms with E-state index in [0.717, 1.165) is 30.8 Å². The number of ether oxygens (including phenoxy) is 1. The van der Waals surface area contributed by atoms with Crippen LogP contribution in [0.25, 0.3) is 0 Å². The minimum atomic E-state index is -0.104. The Morgan fingerprint density at radius 2 is 2.00 bits per heavy atom. The van der Waals surface area contributed by atoms with E-state index < -0.39 is 0 Å². The van der Waals surface area contributed by atoms with Gasteiger partial charge in [0.1, 0.15) is 6.61 Å². The predicted molar refractivity (Wildman–Crippen MR) is 80.8 cm³/mol. The lowest BCUT2D eigenvalue weighted by molar-refractivity contribution is -0.120. The number of anilines is 1. The van der Waals surface area contributed by atoms with Crippen LogP contribution in [0.1, 0.15) is 25.8 Å². The molecule has 19 heavy (non-hydrogen) atoms. The van der Waals surface area contributed by atoms with Crippen molar-refractivity contribution < 1.29 is 9.53 Å². The van der Waals surface area contributed by atoms with Gasteiger partial charge >= 0.3 is 0 Å². The van der Waals surface area contributed by atoms with Gasteiger partial charge in [0.25, 0.3) is 0 Å². The van der Waals surface area contributed by atoms with E-state index in [1.54, 1.807) is 0 Å². The van der Waals surface area contributed by atoms with Gasteiger partial charge in [0, 0.05) is 18.8 Å². The van der Waals surface area contributed by atoms with Crippen LogP contribution in [0.3, 0.4) is 0 Å². The van der Waals surface area contributed by atoms with Crippen LogP contribution in [-0.2, 0) is 16.1 Å². The molecule has 0 aromatic heterocycles. The first-order chi connectivity index (χ1) is 8.77. The summed E-state index contributed by atoms with van der Waals surface area (Å²) < 4.78 is 5.21. The van der Waals surface area contributed by atoms with Crippen LogP contribution in [0.2, 0.25) is 0 Å². The monoisotopic (exact) mass is 286 g/mol. The molecule has 0 saturated heterocycles. The van der Waals surface area contributed by atoms with Crippen molar-refractivity contribution in [3.05, 3.63) is 29.8 Å². The van der Waals surface area contributed by atoms with E-state index in [1.807, 2.05) is 31.2 Å². The minimum absolute atomic E-state index is 0. The van der Waals surface area contributed by atoms with Crippen LogP contribution in [0.5, 0.6) is 0 Å². The molecule has 0 heterocycles. The maximum absolute atomic E-state index is 11.7. The third-order valence-corrected chi connectivity index (χ3v) is 2.44. The molecule has 1 aromatic carbocycles. The van der Waals surface area contributed by atoms with Crippen molar-refractivity contribution in [1.82, 2.24) is 5.32 Å². The van der Waals surface area contributed by atoms with Crippen LogP contribution in [0.15, 0.2) is 24.3 Å². The van der Waals surface area contributed by atoms with E-state index >= 15 is 0 Å². The first-order valence-corrected chi connectivity index (χ1v) is 6.44. The number of amides is 1. The van der Waals surface area contributed by atoms with Gasteiger partial charge in [0.2, 0.25) is 5.91 Å². The lowest BCUT2D eigenvalue weighted by Gasteiger charge is -2.11. The second kappa shape index (κ2) is 10.8. The molecule has 0 fully saturated rings. The van der Waals surface area contributed by atoms with Gasteiger partial charge in [-0.25, -0.2) is 0 Å². The molecule has 0 radical (unpaired) electrons. The normalized spacial score (nSPS) is 9.79. The van der Waals surface area contributed by atoms with E-state index in [4.69, 9.17) is 4.74 Å². The number of carbonyl (C=O) groups excluding carboxylic acids is 1. The fourth-order valence-electron chi connectivity index (χ4n) is 1.55. The highest BCUT2D eigenvalue weighted by Gasteiger charge is 2.05. The van der Waals surface area contributed by atoms with E-state index in [1.165, 1.54) is 0 Å². The zero-order chi connectivity index (χ0) is 13.2. The Labute approximate surface area is 121 Å². The van der Waals surface area contributed by atoms with Gasteiger partial charge in [-0.05, 0) is 24.6 Å². The van der Waals surface area contributed by atoms with Crippen molar-refractivity contribution in [3.63, 3.8) is 0 Å². The van der Waals surface area contributed by atoms with Crippen LogP contribution in [0.4, 0.5) is 5.69 Å². The second-order valence-corrected chi connectivity index (χ2v) is 4.04. The van der Waals surface area contributed by atoms with Crippen molar-refractivity contribution in [2.24, 2.45) is 0 Å². The van der Waals surface area contributed by atoms with Crippen LogP contribution in [0, 0.1) is 0 Å². The zero-order valence-corrected chi connectivity index (χ0v) is 12.4. The summed E-state index contributed by atoms with van der Waals surface area (Å²) in [5.41, 5.74) is 1.94. The van der Waals surface area contributed by atoms with Crippen LogP contribution in [-0.4, -0.2) is 25.7 Å². The van der Waals surface area contributed by atoms with Gasteiger partial charge in [0.15, 0.2) is 0 Å². The average molecular weight is 287 g/mol. The molecule has 1 aromatic rings. The quantitative estimate of drug-likeness (QED) is 0.722. The molecular formula is C14H23ClN2O2.